The van der Waals surface area contributed by atoms with Gasteiger partial charge in [0.1, 0.15) is 6.04 Å². The van der Waals surface area contributed by atoms with E-state index in [0.717, 1.165) is 49.5 Å². The van der Waals surface area contributed by atoms with E-state index in [1.165, 1.54) is 24.8 Å². The molecule has 1 saturated carbocycles. The lowest BCUT2D eigenvalue weighted by molar-refractivity contribution is -0.136. The lowest BCUT2D eigenvalue weighted by Crippen LogP contribution is -2.54. The molecule has 1 unspecified atom stereocenters. The number of imide groups is 2. The van der Waals surface area contributed by atoms with Crippen LogP contribution in [0.1, 0.15) is 77.6 Å². The number of hydrogen-bond acceptors (Lipinski definition) is 9. The number of anilines is 1. The molecule has 0 bridgehead atoms. The molecule has 2 aromatic rings. The number of hydrogen-bond donors (Lipinski definition) is 1. The fourth-order valence-corrected chi connectivity index (χ4v) is 5.94. The number of carbonyl (C=O) groups is 4. The summed E-state index contributed by atoms with van der Waals surface area (Å²) in [7, 11) is 1.67. The van der Waals surface area contributed by atoms with Gasteiger partial charge in [-0.15, -0.1) is 0 Å². The van der Waals surface area contributed by atoms with E-state index in [2.05, 4.69) is 34.5 Å². The number of piperidine rings is 2. The van der Waals surface area contributed by atoms with Crippen molar-refractivity contribution in [1.29, 1.82) is 0 Å². The highest BCUT2D eigenvalue weighted by Crippen LogP contribution is 2.32. The molecule has 3 fully saturated rings. The van der Waals surface area contributed by atoms with Crippen LogP contribution in [0.25, 0.3) is 0 Å². The number of nitrogens with one attached hydrogen (secondary N) is 1. The summed E-state index contributed by atoms with van der Waals surface area (Å²) in [6, 6.07) is 14.6. The van der Waals surface area contributed by atoms with E-state index < -0.39 is 23.8 Å². The summed E-state index contributed by atoms with van der Waals surface area (Å²) in [4.78, 5) is 52.7. The van der Waals surface area contributed by atoms with Gasteiger partial charge in [0.05, 0.1) is 43.2 Å². The predicted molar refractivity (Wildman–Crippen MR) is 170 cm³/mol. The van der Waals surface area contributed by atoms with E-state index in [1.54, 1.807) is 19.2 Å². The van der Waals surface area contributed by atoms with Gasteiger partial charge >= 0.3 is 0 Å². The quantitative estimate of drug-likeness (QED) is 0.258. The Balaban J connectivity index is 0.000000289. The molecule has 1 N–H and O–H groups in total. The van der Waals surface area contributed by atoms with Crippen LogP contribution in [-0.2, 0) is 35.1 Å². The SMILES string of the molecule is COCCCOCCOC1CCN(c2ccc3c(c2)C(=O)N(C2CCC(=O)NC2=O)C3=O)CC1.c1ccc(COC2CCC2)cc1. The molecule has 1 aliphatic carbocycles. The highest BCUT2D eigenvalue weighted by molar-refractivity contribution is 6.23. The first kappa shape index (κ1) is 33.7. The van der Waals surface area contributed by atoms with Crippen molar-refractivity contribution in [3.8, 4) is 0 Å². The minimum absolute atomic E-state index is 0.103. The molecular weight excluding hydrogens is 590 g/mol. The van der Waals surface area contributed by atoms with Gasteiger partial charge < -0.3 is 23.8 Å². The number of methoxy groups -OCH3 is 1. The van der Waals surface area contributed by atoms with Gasteiger partial charge in [0.25, 0.3) is 11.8 Å². The maximum atomic E-state index is 13.0. The van der Waals surface area contributed by atoms with Gasteiger partial charge in [0.2, 0.25) is 11.8 Å². The largest absolute Gasteiger partial charge is 0.385 e. The van der Waals surface area contributed by atoms with Crippen molar-refractivity contribution in [2.24, 2.45) is 0 Å². The third-order valence-corrected chi connectivity index (χ3v) is 8.83. The van der Waals surface area contributed by atoms with Gasteiger partial charge in [0.15, 0.2) is 0 Å². The number of fused-ring (bicyclic) bond motifs is 1. The van der Waals surface area contributed by atoms with Crippen LogP contribution in [0, 0.1) is 0 Å². The molecule has 4 amide bonds. The molecule has 3 aliphatic heterocycles. The van der Waals surface area contributed by atoms with Gasteiger partial charge in [-0.25, -0.2) is 0 Å². The van der Waals surface area contributed by atoms with Crippen molar-refractivity contribution in [1.82, 2.24) is 10.2 Å². The third kappa shape index (κ3) is 8.79. The first-order valence-corrected chi connectivity index (χ1v) is 16.4. The molecule has 6 rings (SSSR count). The number of nitrogens with zero attached hydrogens (tertiary/aromatic N) is 2. The lowest BCUT2D eigenvalue weighted by Gasteiger charge is -2.33. The van der Waals surface area contributed by atoms with E-state index in [9.17, 15) is 19.2 Å². The maximum absolute atomic E-state index is 13.0. The Kier molecular flexibility index (Phi) is 12.3. The molecule has 46 heavy (non-hydrogen) atoms. The summed E-state index contributed by atoms with van der Waals surface area (Å²) in [5.74, 6) is -1.96. The normalized spacial score (nSPS) is 20.2. The van der Waals surface area contributed by atoms with E-state index in [1.807, 2.05) is 12.1 Å². The average molecular weight is 636 g/mol. The molecule has 3 heterocycles. The fourth-order valence-electron chi connectivity index (χ4n) is 5.94. The Labute approximate surface area is 270 Å². The van der Waals surface area contributed by atoms with Crippen LogP contribution >= 0.6 is 0 Å². The van der Waals surface area contributed by atoms with Crippen LogP contribution in [-0.4, -0.2) is 93.4 Å². The van der Waals surface area contributed by atoms with Crippen molar-refractivity contribution < 1.29 is 38.1 Å². The first-order valence-electron chi connectivity index (χ1n) is 16.4. The van der Waals surface area contributed by atoms with Crippen molar-refractivity contribution >= 4 is 29.3 Å². The number of benzene rings is 2. The molecule has 2 saturated heterocycles. The summed E-state index contributed by atoms with van der Waals surface area (Å²) in [6.45, 7) is 4.81. The van der Waals surface area contributed by atoms with Crippen LogP contribution in [0.15, 0.2) is 48.5 Å². The Hall–Kier alpha value is -3.64. The van der Waals surface area contributed by atoms with Crippen molar-refractivity contribution in [2.45, 2.75) is 76.2 Å². The van der Waals surface area contributed by atoms with Crippen LogP contribution < -0.4 is 10.2 Å². The van der Waals surface area contributed by atoms with Crippen LogP contribution in [0.5, 0.6) is 0 Å². The Morgan fingerprint density at radius 2 is 1.52 bits per heavy atom. The summed E-state index contributed by atoms with van der Waals surface area (Å²) < 4.78 is 22.1. The van der Waals surface area contributed by atoms with E-state index in [0.29, 0.717) is 43.7 Å². The Morgan fingerprint density at radius 3 is 2.22 bits per heavy atom. The van der Waals surface area contributed by atoms with E-state index >= 15 is 0 Å². The van der Waals surface area contributed by atoms with Gasteiger partial charge in [-0.2, -0.15) is 0 Å². The summed E-state index contributed by atoms with van der Waals surface area (Å²) >= 11 is 0. The summed E-state index contributed by atoms with van der Waals surface area (Å²) in [5.41, 5.74) is 2.74. The fraction of sp³-hybridized carbons (Fsp3) is 0.543. The van der Waals surface area contributed by atoms with Crippen molar-refractivity contribution in [3.63, 3.8) is 0 Å². The van der Waals surface area contributed by atoms with E-state index in [-0.39, 0.29) is 24.9 Å². The first-order chi connectivity index (χ1) is 22.4. The minimum atomic E-state index is -0.953. The molecule has 11 heteroatoms. The monoisotopic (exact) mass is 635 g/mol. The molecule has 0 aromatic heterocycles. The molecule has 0 spiro atoms. The van der Waals surface area contributed by atoms with Gasteiger partial charge in [-0.3, -0.25) is 29.4 Å². The Bertz CT molecular complexity index is 1340. The molecular formula is C35H45N3O8. The second kappa shape index (κ2) is 16.8. The minimum Gasteiger partial charge on any atom is -0.385 e. The van der Waals surface area contributed by atoms with Gasteiger partial charge in [0, 0.05) is 45.5 Å². The summed E-state index contributed by atoms with van der Waals surface area (Å²) in [5, 5.41) is 2.21. The zero-order chi connectivity index (χ0) is 32.3. The number of ether oxygens (including phenoxy) is 4. The number of amides is 4. The molecule has 0 radical (unpaired) electrons. The smallest absolute Gasteiger partial charge is 0.262 e. The third-order valence-electron chi connectivity index (χ3n) is 8.83. The Morgan fingerprint density at radius 1 is 0.783 bits per heavy atom. The second-order valence-electron chi connectivity index (χ2n) is 12.0. The van der Waals surface area contributed by atoms with Crippen molar-refractivity contribution in [2.75, 3.05) is 51.5 Å². The molecule has 4 aliphatic rings. The molecule has 248 valence electrons. The van der Waals surface area contributed by atoms with Crippen LogP contribution in [0.3, 0.4) is 0 Å². The second-order valence-corrected chi connectivity index (χ2v) is 12.0. The average Bonchev–Trinajstić information content (AvgIpc) is 3.29. The lowest BCUT2D eigenvalue weighted by atomic mass is 9.96. The van der Waals surface area contributed by atoms with E-state index in [4.69, 9.17) is 18.9 Å². The zero-order valence-electron chi connectivity index (χ0n) is 26.6. The van der Waals surface area contributed by atoms with Crippen molar-refractivity contribution in [3.05, 3.63) is 65.2 Å². The van der Waals surface area contributed by atoms with Gasteiger partial charge in [-0.1, -0.05) is 30.3 Å². The molecule has 2 aromatic carbocycles. The predicted octanol–water partition coefficient (Wildman–Crippen LogP) is 3.88. The van der Waals surface area contributed by atoms with Gasteiger partial charge in [-0.05, 0) is 68.7 Å². The highest BCUT2D eigenvalue weighted by atomic mass is 16.5. The maximum Gasteiger partial charge on any atom is 0.262 e. The molecule has 1 atom stereocenters. The topological polar surface area (TPSA) is 124 Å². The zero-order valence-corrected chi connectivity index (χ0v) is 26.6. The number of rotatable bonds is 13. The standard InChI is InChI=1S/C24H31N3O7.C11H14O/c1-32-11-2-12-33-13-14-34-17-7-9-26(10-8-17)16-3-4-18-19(15-16)24(31)27(23(18)30)20-5-6-21(28)25-22(20)29;1-2-5-10(6-3-1)9-12-11-7-4-8-11/h3-4,15,17,20H,2,5-14H2,1H3,(H,25,28,29);1-3,5-6,11H,4,7-9H2. The van der Waals surface area contributed by atoms with Crippen LogP contribution in [0.2, 0.25) is 0 Å². The highest BCUT2D eigenvalue weighted by Gasteiger charge is 2.44. The van der Waals surface area contributed by atoms with Crippen LogP contribution in [0.4, 0.5) is 5.69 Å². The number of carbonyl (C=O) groups excluding carboxylic acids is 4. The summed E-state index contributed by atoms with van der Waals surface area (Å²) in [6.07, 6.45) is 7.41. The molecule has 11 nitrogen and oxygen atoms in total.